The first-order valence-electron chi connectivity index (χ1n) is 5.90. The second-order valence-electron chi connectivity index (χ2n) is 4.22. The Balaban J connectivity index is 2.12. The molecular weight excluding hydrogens is 315 g/mol. The number of imidazole rings is 1. The van der Waals surface area contributed by atoms with Crippen molar-refractivity contribution in [2.45, 2.75) is 0 Å². The quantitative estimate of drug-likeness (QED) is 0.609. The lowest BCUT2D eigenvalue weighted by molar-refractivity contribution is 1.07. The summed E-state index contributed by atoms with van der Waals surface area (Å²) in [7, 11) is 0. The molecule has 0 bridgehead atoms. The molecule has 3 aromatic rings. The summed E-state index contributed by atoms with van der Waals surface area (Å²) >= 11 is 18.1. The zero-order valence-corrected chi connectivity index (χ0v) is 12.5. The number of nitrogens with zero attached hydrogens (tertiary/aromatic N) is 2. The maximum absolute atomic E-state index is 6.25. The largest absolute Gasteiger partial charge is 0.300 e. The molecule has 100 valence electrons. The molecule has 2 aromatic carbocycles. The van der Waals surface area contributed by atoms with E-state index in [9.17, 15) is 0 Å². The van der Waals surface area contributed by atoms with Crippen LogP contribution >= 0.6 is 34.8 Å². The first kappa shape index (κ1) is 13.5. The smallest absolute Gasteiger partial charge is 0.145 e. The van der Waals surface area contributed by atoms with Gasteiger partial charge >= 0.3 is 0 Å². The average molecular weight is 324 g/mol. The number of rotatable bonds is 2. The molecule has 3 rings (SSSR count). The normalized spacial score (nSPS) is 10.8. The van der Waals surface area contributed by atoms with Gasteiger partial charge < -0.3 is 0 Å². The van der Waals surface area contributed by atoms with E-state index < -0.39 is 0 Å². The number of hydrogen-bond acceptors (Lipinski definition) is 1. The van der Waals surface area contributed by atoms with E-state index in [1.54, 1.807) is 18.3 Å². The summed E-state index contributed by atoms with van der Waals surface area (Å²) in [6.45, 7) is 0. The molecule has 0 atom stereocenters. The van der Waals surface area contributed by atoms with Gasteiger partial charge in [-0.05, 0) is 42.5 Å². The Kier molecular flexibility index (Phi) is 3.70. The molecule has 0 fully saturated rings. The molecule has 0 saturated carbocycles. The van der Waals surface area contributed by atoms with Gasteiger partial charge in [0.2, 0.25) is 0 Å². The van der Waals surface area contributed by atoms with E-state index in [0.717, 1.165) is 17.1 Å². The lowest BCUT2D eigenvalue weighted by Gasteiger charge is -2.09. The molecule has 0 radical (unpaired) electrons. The highest BCUT2D eigenvalue weighted by Gasteiger charge is 2.11. The molecule has 20 heavy (non-hydrogen) atoms. The van der Waals surface area contributed by atoms with Crippen molar-refractivity contribution in [3.63, 3.8) is 0 Å². The molecule has 0 aliphatic carbocycles. The van der Waals surface area contributed by atoms with Crippen LogP contribution in [0.5, 0.6) is 0 Å². The lowest BCUT2D eigenvalue weighted by atomic mass is 10.2. The molecule has 0 unspecified atom stereocenters. The van der Waals surface area contributed by atoms with Gasteiger partial charge in [0.05, 0.1) is 5.02 Å². The molecule has 5 heteroatoms. The summed E-state index contributed by atoms with van der Waals surface area (Å²) in [5.74, 6) is 0.758. The molecule has 0 N–H and O–H groups in total. The molecule has 2 nitrogen and oxygen atoms in total. The van der Waals surface area contributed by atoms with E-state index in [1.165, 1.54) is 0 Å². The Hall–Kier alpha value is -1.48. The van der Waals surface area contributed by atoms with Crippen molar-refractivity contribution in [2.24, 2.45) is 0 Å². The zero-order chi connectivity index (χ0) is 14.1. The third-order valence-electron chi connectivity index (χ3n) is 2.92. The number of aromatic nitrogens is 2. The average Bonchev–Trinajstić information content (AvgIpc) is 2.88. The molecule has 1 heterocycles. The van der Waals surface area contributed by atoms with Gasteiger partial charge in [0.25, 0.3) is 0 Å². The van der Waals surface area contributed by atoms with Crippen molar-refractivity contribution >= 4 is 34.8 Å². The topological polar surface area (TPSA) is 17.8 Å². The van der Waals surface area contributed by atoms with Crippen LogP contribution in [0.2, 0.25) is 15.1 Å². The Labute approximate surface area is 131 Å². The lowest BCUT2D eigenvalue weighted by Crippen LogP contribution is -1.96. The van der Waals surface area contributed by atoms with E-state index in [2.05, 4.69) is 4.98 Å². The van der Waals surface area contributed by atoms with Crippen LogP contribution < -0.4 is 0 Å². The van der Waals surface area contributed by atoms with Crippen molar-refractivity contribution < 1.29 is 0 Å². The molecule has 0 spiro atoms. The molecular formula is C15H9Cl3N2. The van der Waals surface area contributed by atoms with Gasteiger partial charge in [0.15, 0.2) is 0 Å². The summed E-state index contributed by atoms with van der Waals surface area (Å²) in [4.78, 5) is 4.38. The van der Waals surface area contributed by atoms with Crippen LogP contribution in [0.25, 0.3) is 17.1 Å². The van der Waals surface area contributed by atoms with Gasteiger partial charge in [-0.3, -0.25) is 4.57 Å². The number of benzene rings is 2. The molecule has 0 aliphatic rings. The molecule has 0 aliphatic heterocycles. The van der Waals surface area contributed by atoms with Gasteiger partial charge in [-0.2, -0.15) is 0 Å². The predicted octanol–water partition coefficient (Wildman–Crippen LogP) is 5.50. The summed E-state index contributed by atoms with van der Waals surface area (Å²) < 4.78 is 1.95. The zero-order valence-electron chi connectivity index (χ0n) is 10.2. The first-order valence-corrected chi connectivity index (χ1v) is 7.03. The van der Waals surface area contributed by atoms with Crippen LogP contribution in [-0.4, -0.2) is 9.55 Å². The van der Waals surface area contributed by atoms with Crippen LogP contribution in [0.4, 0.5) is 0 Å². The van der Waals surface area contributed by atoms with Gasteiger partial charge in [-0.15, -0.1) is 0 Å². The third kappa shape index (κ3) is 2.55. The van der Waals surface area contributed by atoms with Crippen LogP contribution in [-0.2, 0) is 0 Å². The summed E-state index contributed by atoms with van der Waals surface area (Å²) in [6.07, 6.45) is 3.61. The SMILES string of the molecule is Clc1ccc(-n2ccnc2-c2ccc(Cl)cc2Cl)cc1. The van der Waals surface area contributed by atoms with Gasteiger partial charge in [0.1, 0.15) is 5.82 Å². The van der Waals surface area contributed by atoms with Crippen LogP contribution in [0.15, 0.2) is 54.9 Å². The second kappa shape index (κ2) is 5.49. The fraction of sp³-hybridized carbons (Fsp3) is 0. The van der Waals surface area contributed by atoms with Crippen molar-refractivity contribution in [2.75, 3.05) is 0 Å². The fourth-order valence-electron chi connectivity index (χ4n) is 1.98. The van der Waals surface area contributed by atoms with Crippen molar-refractivity contribution in [3.05, 3.63) is 69.9 Å². The minimum Gasteiger partial charge on any atom is -0.300 e. The third-order valence-corrected chi connectivity index (χ3v) is 3.72. The minimum atomic E-state index is 0.568. The van der Waals surface area contributed by atoms with Gasteiger partial charge in [-0.1, -0.05) is 34.8 Å². The monoisotopic (exact) mass is 322 g/mol. The molecule has 0 amide bonds. The predicted molar refractivity (Wildman–Crippen MR) is 84.0 cm³/mol. The van der Waals surface area contributed by atoms with E-state index in [1.807, 2.05) is 41.1 Å². The Bertz CT molecular complexity index is 748. The van der Waals surface area contributed by atoms with Crippen molar-refractivity contribution in [1.29, 1.82) is 0 Å². The highest BCUT2D eigenvalue weighted by Crippen LogP contribution is 2.30. The number of hydrogen-bond donors (Lipinski definition) is 0. The van der Waals surface area contributed by atoms with Crippen LogP contribution in [0.3, 0.4) is 0 Å². The molecule has 0 saturated heterocycles. The summed E-state index contributed by atoms with van der Waals surface area (Å²) in [5.41, 5.74) is 1.80. The van der Waals surface area contributed by atoms with Crippen molar-refractivity contribution in [1.82, 2.24) is 9.55 Å². The van der Waals surface area contributed by atoms with Crippen molar-refractivity contribution in [3.8, 4) is 17.1 Å². The molecule has 1 aromatic heterocycles. The van der Waals surface area contributed by atoms with Crippen LogP contribution in [0, 0.1) is 0 Å². The minimum absolute atomic E-state index is 0.568. The highest BCUT2D eigenvalue weighted by atomic mass is 35.5. The van der Waals surface area contributed by atoms with E-state index in [0.29, 0.717) is 15.1 Å². The number of halogens is 3. The second-order valence-corrected chi connectivity index (χ2v) is 5.50. The first-order chi connectivity index (χ1) is 9.65. The summed E-state index contributed by atoms with van der Waals surface area (Å²) in [5, 5.41) is 1.86. The van der Waals surface area contributed by atoms with E-state index in [-0.39, 0.29) is 0 Å². The van der Waals surface area contributed by atoms with E-state index >= 15 is 0 Å². The Morgan fingerprint density at radius 1 is 0.850 bits per heavy atom. The van der Waals surface area contributed by atoms with Crippen LogP contribution in [0.1, 0.15) is 0 Å². The van der Waals surface area contributed by atoms with Gasteiger partial charge in [-0.25, -0.2) is 4.98 Å². The maximum atomic E-state index is 6.25. The summed E-state index contributed by atoms with van der Waals surface area (Å²) in [6, 6.07) is 12.9. The van der Waals surface area contributed by atoms with Gasteiger partial charge in [0, 0.05) is 33.7 Å². The maximum Gasteiger partial charge on any atom is 0.145 e. The fourth-order valence-corrected chi connectivity index (χ4v) is 2.60. The van der Waals surface area contributed by atoms with E-state index in [4.69, 9.17) is 34.8 Å². The Morgan fingerprint density at radius 3 is 2.25 bits per heavy atom. The Morgan fingerprint density at radius 2 is 1.55 bits per heavy atom. The standard InChI is InChI=1S/C15H9Cl3N2/c16-10-1-4-12(5-2-10)20-8-7-19-15(20)13-6-3-11(17)9-14(13)18/h1-9H. The highest BCUT2D eigenvalue weighted by molar-refractivity contribution is 6.36.